The fraction of sp³-hybridized carbons (Fsp3) is 0.462. The van der Waals surface area contributed by atoms with Crippen molar-refractivity contribution in [2.75, 3.05) is 19.0 Å². The molecule has 0 spiro atoms. The number of benzene rings is 1. The van der Waals surface area contributed by atoms with E-state index in [9.17, 15) is 9.90 Å². The summed E-state index contributed by atoms with van der Waals surface area (Å²) in [5.74, 6) is 0.375. The maximum atomic E-state index is 11.7. The van der Waals surface area contributed by atoms with E-state index in [1.807, 2.05) is 20.8 Å². The van der Waals surface area contributed by atoms with Gasteiger partial charge in [-0.1, -0.05) is 0 Å². The Morgan fingerprint density at radius 2 is 2.06 bits per heavy atom. The first-order valence-corrected chi connectivity index (χ1v) is 5.74. The van der Waals surface area contributed by atoms with E-state index in [1.54, 1.807) is 12.1 Å². The molecule has 0 unspecified atom stereocenters. The van der Waals surface area contributed by atoms with Gasteiger partial charge in [0.25, 0.3) is 0 Å². The van der Waals surface area contributed by atoms with Crippen LogP contribution in [0.25, 0.3) is 0 Å². The minimum Gasteiger partial charge on any atom is -0.506 e. The van der Waals surface area contributed by atoms with Crippen molar-refractivity contribution in [2.24, 2.45) is 0 Å². The van der Waals surface area contributed by atoms with Gasteiger partial charge in [-0.15, -0.1) is 0 Å². The summed E-state index contributed by atoms with van der Waals surface area (Å²) >= 11 is 0. The molecule has 0 aliphatic rings. The number of hydrogen-bond acceptors (Lipinski definition) is 4. The Morgan fingerprint density at radius 1 is 1.39 bits per heavy atom. The lowest BCUT2D eigenvalue weighted by Gasteiger charge is -2.20. The molecule has 0 aliphatic carbocycles. The lowest BCUT2D eigenvalue weighted by molar-refractivity contribution is -0.115. The van der Waals surface area contributed by atoms with Gasteiger partial charge in [0, 0.05) is 11.6 Å². The third kappa shape index (κ3) is 4.63. The standard InChI is InChI=1S/C13H20N2O3/c1-13(2,3)14-8-12(17)15-10-7-9(18-4)5-6-11(10)16/h5-7,14,16H,8H2,1-4H3,(H,15,17). The SMILES string of the molecule is COc1ccc(O)c(NC(=O)CNC(C)(C)C)c1. The first kappa shape index (κ1) is 14.3. The minimum atomic E-state index is -0.214. The van der Waals surface area contributed by atoms with E-state index in [4.69, 9.17) is 4.74 Å². The highest BCUT2D eigenvalue weighted by Gasteiger charge is 2.12. The van der Waals surface area contributed by atoms with Crippen LogP contribution >= 0.6 is 0 Å². The third-order valence-electron chi connectivity index (χ3n) is 2.26. The maximum absolute atomic E-state index is 11.7. The van der Waals surface area contributed by atoms with Crippen molar-refractivity contribution in [3.05, 3.63) is 18.2 Å². The average molecular weight is 252 g/mol. The normalized spacial score (nSPS) is 11.1. The molecule has 1 aromatic carbocycles. The largest absolute Gasteiger partial charge is 0.506 e. The summed E-state index contributed by atoms with van der Waals surface area (Å²) in [5, 5.41) is 15.3. The smallest absolute Gasteiger partial charge is 0.238 e. The van der Waals surface area contributed by atoms with E-state index in [2.05, 4.69) is 10.6 Å². The first-order chi connectivity index (χ1) is 8.31. The van der Waals surface area contributed by atoms with Crippen molar-refractivity contribution in [3.63, 3.8) is 0 Å². The van der Waals surface area contributed by atoms with Gasteiger partial charge in [0.15, 0.2) is 0 Å². The Labute approximate surface area is 107 Å². The van der Waals surface area contributed by atoms with Crippen LogP contribution in [0.3, 0.4) is 0 Å². The Bertz CT molecular complexity index is 425. The van der Waals surface area contributed by atoms with Gasteiger partial charge in [-0.3, -0.25) is 4.79 Å². The number of hydrogen-bond donors (Lipinski definition) is 3. The molecule has 0 saturated carbocycles. The van der Waals surface area contributed by atoms with Gasteiger partial charge >= 0.3 is 0 Å². The highest BCUT2D eigenvalue weighted by atomic mass is 16.5. The summed E-state index contributed by atoms with van der Waals surface area (Å²) in [5.41, 5.74) is 0.211. The molecule has 18 heavy (non-hydrogen) atoms. The van der Waals surface area contributed by atoms with E-state index in [0.29, 0.717) is 11.4 Å². The summed E-state index contributed by atoms with van der Waals surface area (Å²) in [6.45, 7) is 6.11. The van der Waals surface area contributed by atoms with Crippen LogP contribution in [0.5, 0.6) is 11.5 Å². The number of nitrogens with one attached hydrogen (secondary N) is 2. The quantitative estimate of drug-likeness (QED) is 0.714. The van der Waals surface area contributed by atoms with E-state index in [0.717, 1.165) is 0 Å². The Kier molecular flexibility index (Phi) is 4.55. The molecule has 5 heteroatoms. The lowest BCUT2D eigenvalue weighted by Crippen LogP contribution is -2.41. The summed E-state index contributed by atoms with van der Waals surface area (Å²) in [6.07, 6.45) is 0. The summed E-state index contributed by atoms with van der Waals surface area (Å²) in [7, 11) is 1.53. The average Bonchev–Trinajstić information content (AvgIpc) is 2.28. The number of anilines is 1. The first-order valence-electron chi connectivity index (χ1n) is 5.74. The van der Waals surface area contributed by atoms with Crippen LogP contribution < -0.4 is 15.4 Å². The van der Waals surface area contributed by atoms with Crippen molar-refractivity contribution in [1.82, 2.24) is 5.32 Å². The molecular weight excluding hydrogens is 232 g/mol. The van der Waals surface area contributed by atoms with Crippen LogP contribution in [-0.4, -0.2) is 30.2 Å². The topological polar surface area (TPSA) is 70.6 Å². The lowest BCUT2D eigenvalue weighted by atomic mass is 10.1. The molecule has 1 aromatic rings. The van der Waals surface area contributed by atoms with E-state index < -0.39 is 0 Å². The predicted octanol–water partition coefficient (Wildman–Crippen LogP) is 1.73. The van der Waals surface area contributed by atoms with Crippen LogP contribution in [0, 0.1) is 0 Å². The Morgan fingerprint density at radius 3 is 2.61 bits per heavy atom. The Balaban J connectivity index is 2.64. The molecule has 0 heterocycles. The molecule has 5 nitrogen and oxygen atoms in total. The fourth-order valence-electron chi connectivity index (χ4n) is 1.28. The van der Waals surface area contributed by atoms with Crippen LogP contribution in [-0.2, 0) is 4.79 Å². The van der Waals surface area contributed by atoms with E-state index >= 15 is 0 Å². The molecule has 100 valence electrons. The summed E-state index contributed by atoms with van der Waals surface area (Å²) < 4.78 is 5.03. The summed E-state index contributed by atoms with van der Waals surface area (Å²) in [4.78, 5) is 11.7. The number of rotatable bonds is 4. The zero-order valence-electron chi connectivity index (χ0n) is 11.2. The second-order valence-electron chi connectivity index (χ2n) is 5.03. The zero-order chi connectivity index (χ0) is 13.8. The number of methoxy groups -OCH3 is 1. The molecule has 0 aliphatic heterocycles. The van der Waals surface area contributed by atoms with Crippen LogP contribution in [0.15, 0.2) is 18.2 Å². The molecule has 3 N–H and O–H groups in total. The van der Waals surface area contributed by atoms with Gasteiger partial charge in [-0.2, -0.15) is 0 Å². The van der Waals surface area contributed by atoms with E-state index in [-0.39, 0.29) is 23.7 Å². The molecule has 1 rings (SSSR count). The van der Waals surface area contributed by atoms with Crippen molar-refractivity contribution in [2.45, 2.75) is 26.3 Å². The number of phenols is 1. The van der Waals surface area contributed by atoms with Gasteiger partial charge in [-0.25, -0.2) is 0 Å². The molecule has 0 atom stereocenters. The molecule has 1 amide bonds. The van der Waals surface area contributed by atoms with Crippen LogP contribution in [0.4, 0.5) is 5.69 Å². The zero-order valence-corrected chi connectivity index (χ0v) is 11.2. The van der Waals surface area contributed by atoms with Gasteiger partial charge in [-0.05, 0) is 32.9 Å². The van der Waals surface area contributed by atoms with Crippen LogP contribution in [0.2, 0.25) is 0 Å². The minimum absolute atomic E-state index is 0.0138. The maximum Gasteiger partial charge on any atom is 0.238 e. The Hall–Kier alpha value is -1.75. The molecular formula is C13H20N2O3. The molecule has 0 saturated heterocycles. The van der Waals surface area contributed by atoms with Gasteiger partial charge in [0.2, 0.25) is 5.91 Å². The number of phenolic OH excluding ortho intramolecular Hbond substituents is 1. The highest BCUT2D eigenvalue weighted by molar-refractivity contribution is 5.93. The molecule has 0 radical (unpaired) electrons. The number of carbonyl (C=O) groups excluding carboxylic acids is 1. The van der Waals surface area contributed by atoms with Crippen molar-refractivity contribution < 1.29 is 14.6 Å². The number of amides is 1. The molecule has 0 fully saturated rings. The predicted molar refractivity (Wildman–Crippen MR) is 71.0 cm³/mol. The molecule has 0 bridgehead atoms. The van der Waals surface area contributed by atoms with Crippen molar-refractivity contribution >= 4 is 11.6 Å². The van der Waals surface area contributed by atoms with Crippen molar-refractivity contribution in [1.29, 1.82) is 0 Å². The van der Waals surface area contributed by atoms with Gasteiger partial charge in [0.1, 0.15) is 11.5 Å². The summed E-state index contributed by atoms with van der Waals surface area (Å²) in [6, 6.07) is 4.67. The van der Waals surface area contributed by atoms with Crippen molar-refractivity contribution in [3.8, 4) is 11.5 Å². The van der Waals surface area contributed by atoms with Gasteiger partial charge < -0.3 is 20.5 Å². The van der Waals surface area contributed by atoms with Crippen LogP contribution in [0.1, 0.15) is 20.8 Å². The second kappa shape index (κ2) is 5.73. The molecule has 0 aromatic heterocycles. The van der Waals surface area contributed by atoms with E-state index in [1.165, 1.54) is 13.2 Å². The monoisotopic (exact) mass is 252 g/mol. The van der Waals surface area contributed by atoms with Gasteiger partial charge in [0.05, 0.1) is 19.3 Å². The number of aromatic hydroxyl groups is 1. The fourth-order valence-corrected chi connectivity index (χ4v) is 1.28. The number of ether oxygens (including phenoxy) is 1. The second-order valence-corrected chi connectivity index (χ2v) is 5.03. The third-order valence-corrected chi connectivity index (χ3v) is 2.26. The number of carbonyl (C=O) groups is 1. The highest BCUT2D eigenvalue weighted by Crippen LogP contribution is 2.27.